The highest BCUT2D eigenvalue weighted by Crippen LogP contribution is 2.59. The molecule has 0 spiro atoms. The Hall–Kier alpha value is -2.48. The Kier molecular flexibility index (Phi) is 4.22. The van der Waals surface area contributed by atoms with Crippen molar-refractivity contribution in [1.82, 2.24) is 9.88 Å². The zero-order valence-electron chi connectivity index (χ0n) is 16.4. The molecule has 1 aliphatic heterocycles. The molecule has 1 aromatic heterocycles. The van der Waals surface area contributed by atoms with Crippen LogP contribution >= 0.6 is 11.3 Å². The molecule has 1 aromatic carbocycles. The Labute approximate surface area is 167 Å². The second-order valence-corrected chi connectivity index (χ2v) is 9.31. The molecule has 2 heterocycles. The molecule has 28 heavy (non-hydrogen) atoms. The van der Waals surface area contributed by atoms with Crippen LogP contribution in [-0.4, -0.2) is 41.3 Å². The molecule has 2 bridgehead atoms. The minimum Gasteiger partial charge on any atom is -0.497 e. The van der Waals surface area contributed by atoms with Gasteiger partial charge in [-0.25, -0.2) is 4.98 Å². The smallest absolute Gasteiger partial charge is 0.246 e. The highest BCUT2D eigenvalue weighted by atomic mass is 32.1. The zero-order valence-corrected chi connectivity index (χ0v) is 17.2. The van der Waals surface area contributed by atoms with E-state index in [0.29, 0.717) is 23.7 Å². The van der Waals surface area contributed by atoms with Crippen LogP contribution in [0.15, 0.2) is 18.2 Å². The van der Waals surface area contributed by atoms with Gasteiger partial charge in [0, 0.05) is 5.92 Å². The Morgan fingerprint density at radius 1 is 1.36 bits per heavy atom. The van der Waals surface area contributed by atoms with Gasteiger partial charge in [-0.1, -0.05) is 32.1 Å². The van der Waals surface area contributed by atoms with Crippen molar-refractivity contribution >= 4 is 44.4 Å². The summed E-state index contributed by atoms with van der Waals surface area (Å²) in [7, 11) is 1.59. The lowest BCUT2D eigenvalue weighted by atomic mass is 9.62. The van der Waals surface area contributed by atoms with Gasteiger partial charge in [0.25, 0.3) is 0 Å². The predicted octanol–water partition coefficient (Wildman–Crippen LogP) is 3.05. The van der Waals surface area contributed by atoms with Crippen LogP contribution < -0.4 is 10.1 Å². The molecule has 4 rings (SSSR count). The Morgan fingerprint density at radius 2 is 2.11 bits per heavy atom. The summed E-state index contributed by atoms with van der Waals surface area (Å²) in [5, 5.41) is 3.15. The van der Waals surface area contributed by atoms with Gasteiger partial charge in [-0.05, 0) is 36.5 Å². The largest absolute Gasteiger partial charge is 0.497 e. The summed E-state index contributed by atoms with van der Waals surface area (Å²) < 4.78 is 6.08. The van der Waals surface area contributed by atoms with Gasteiger partial charge in [0.15, 0.2) is 5.13 Å². The molecule has 8 heteroatoms. The Morgan fingerprint density at radius 3 is 2.82 bits per heavy atom. The summed E-state index contributed by atoms with van der Waals surface area (Å²) in [6, 6.07) is 5.47. The minimum absolute atomic E-state index is 0.224. The highest BCUT2D eigenvalue weighted by molar-refractivity contribution is 7.22. The SMILES string of the molecule is COc1ccc2nc(NC(=O)CN3C(=O)C4CCC(C)(C3=O)C4(C)C)sc2c1. The lowest BCUT2D eigenvalue weighted by Crippen LogP contribution is -2.60. The van der Waals surface area contributed by atoms with Crippen molar-refractivity contribution in [2.24, 2.45) is 16.7 Å². The normalized spacial score (nSPS) is 26.0. The number of carbonyl (C=O) groups excluding carboxylic acids is 3. The summed E-state index contributed by atoms with van der Waals surface area (Å²) >= 11 is 1.32. The van der Waals surface area contributed by atoms with Gasteiger partial charge < -0.3 is 10.1 Å². The second-order valence-electron chi connectivity index (χ2n) is 8.28. The molecule has 2 fully saturated rings. The van der Waals surface area contributed by atoms with E-state index < -0.39 is 11.3 Å². The van der Waals surface area contributed by atoms with Gasteiger partial charge >= 0.3 is 0 Å². The third-order valence-corrected chi connectivity index (χ3v) is 7.58. The number of likely N-dealkylation sites (tertiary alicyclic amines) is 1. The third-order valence-electron chi connectivity index (χ3n) is 6.65. The number of amides is 3. The number of piperidine rings is 1. The van der Waals surface area contributed by atoms with Gasteiger partial charge in [0.2, 0.25) is 17.7 Å². The summed E-state index contributed by atoms with van der Waals surface area (Å²) in [4.78, 5) is 43.9. The van der Waals surface area contributed by atoms with Crippen molar-refractivity contribution in [3.8, 4) is 5.75 Å². The number of hydrogen-bond donors (Lipinski definition) is 1. The van der Waals surface area contributed by atoms with Gasteiger partial charge in [-0.2, -0.15) is 0 Å². The number of nitrogens with zero attached hydrogens (tertiary/aromatic N) is 2. The fourth-order valence-electron chi connectivity index (χ4n) is 4.44. The molecular weight excluding hydrogens is 378 g/mol. The number of carbonyl (C=O) groups is 3. The van der Waals surface area contributed by atoms with Crippen LogP contribution in [0.5, 0.6) is 5.75 Å². The van der Waals surface area contributed by atoms with Crippen LogP contribution in [0, 0.1) is 16.7 Å². The number of anilines is 1. The van der Waals surface area contributed by atoms with Crippen LogP contribution in [0.4, 0.5) is 5.13 Å². The number of thiazole rings is 1. The number of methoxy groups -OCH3 is 1. The van der Waals surface area contributed by atoms with Crippen LogP contribution in [-0.2, 0) is 14.4 Å². The van der Waals surface area contributed by atoms with Crippen molar-refractivity contribution in [1.29, 1.82) is 0 Å². The molecule has 2 aromatic rings. The second kappa shape index (κ2) is 6.27. The van der Waals surface area contributed by atoms with E-state index in [2.05, 4.69) is 10.3 Å². The summed E-state index contributed by atoms with van der Waals surface area (Å²) in [5.41, 5.74) is -0.253. The standard InChI is InChI=1S/C20H23N3O4S/c1-19(2)12-7-8-20(19,3)17(26)23(16(12)25)10-15(24)22-18-21-13-6-5-11(27-4)9-14(13)28-18/h5-6,9,12H,7-8,10H2,1-4H3,(H,21,22,24). The highest BCUT2D eigenvalue weighted by Gasteiger charge is 2.64. The molecule has 2 unspecified atom stereocenters. The van der Waals surface area contributed by atoms with Crippen molar-refractivity contribution in [2.45, 2.75) is 33.6 Å². The predicted molar refractivity (Wildman–Crippen MR) is 106 cm³/mol. The number of hydrogen-bond acceptors (Lipinski definition) is 6. The number of rotatable bonds is 4. The van der Waals surface area contributed by atoms with Crippen molar-refractivity contribution in [2.75, 3.05) is 19.0 Å². The lowest BCUT2D eigenvalue weighted by Gasteiger charge is -2.47. The number of aromatic nitrogens is 1. The van der Waals surface area contributed by atoms with Gasteiger partial charge in [-0.15, -0.1) is 0 Å². The lowest BCUT2D eigenvalue weighted by molar-refractivity contribution is -0.168. The molecule has 2 aliphatic rings. The number of nitrogens with one attached hydrogen (secondary N) is 1. The van der Waals surface area contributed by atoms with E-state index in [4.69, 9.17) is 4.74 Å². The first kappa shape index (κ1) is 18.9. The monoisotopic (exact) mass is 401 g/mol. The molecule has 3 amide bonds. The van der Waals surface area contributed by atoms with E-state index in [1.54, 1.807) is 13.2 Å². The molecule has 1 saturated heterocycles. The van der Waals surface area contributed by atoms with E-state index in [-0.39, 0.29) is 29.7 Å². The number of imide groups is 1. The van der Waals surface area contributed by atoms with Gasteiger partial charge in [-0.3, -0.25) is 19.3 Å². The first-order valence-electron chi connectivity index (χ1n) is 9.27. The fraction of sp³-hybridized carbons (Fsp3) is 0.500. The number of benzene rings is 1. The van der Waals surface area contributed by atoms with E-state index in [0.717, 1.165) is 15.1 Å². The number of fused-ring (bicyclic) bond motifs is 3. The van der Waals surface area contributed by atoms with E-state index >= 15 is 0 Å². The van der Waals surface area contributed by atoms with Gasteiger partial charge in [0.05, 0.1) is 22.7 Å². The molecular formula is C20H23N3O4S. The molecule has 2 atom stereocenters. The molecule has 148 valence electrons. The van der Waals surface area contributed by atoms with Gasteiger partial charge in [0.1, 0.15) is 12.3 Å². The van der Waals surface area contributed by atoms with Crippen LogP contribution in [0.2, 0.25) is 0 Å². The average molecular weight is 401 g/mol. The first-order chi connectivity index (χ1) is 13.2. The van der Waals surface area contributed by atoms with E-state index in [9.17, 15) is 14.4 Å². The quantitative estimate of drug-likeness (QED) is 0.796. The molecule has 0 radical (unpaired) electrons. The van der Waals surface area contributed by atoms with Crippen molar-refractivity contribution in [3.63, 3.8) is 0 Å². The first-order valence-corrected chi connectivity index (χ1v) is 10.1. The average Bonchev–Trinajstić information content (AvgIpc) is 3.12. The van der Waals surface area contributed by atoms with Crippen LogP contribution in [0.1, 0.15) is 33.6 Å². The minimum atomic E-state index is -0.613. The molecule has 1 N–H and O–H groups in total. The Bertz CT molecular complexity index is 998. The maximum atomic E-state index is 13.0. The van der Waals surface area contributed by atoms with Crippen LogP contribution in [0.3, 0.4) is 0 Å². The summed E-state index contributed by atoms with van der Waals surface area (Å²) in [5.74, 6) is -0.423. The molecule has 7 nitrogen and oxygen atoms in total. The maximum Gasteiger partial charge on any atom is 0.246 e. The van der Waals surface area contributed by atoms with Crippen molar-refractivity contribution in [3.05, 3.63) is 18.2 Å². The van der Waals surface area contributed by atoms with Crippen molar-refractivity contribution < 1.29 is 19.1 Å². The Balaban J connectivity index is 1.51. The molecule has 1 aliphatic carbocycles. The summed E-state index contributed by atoms with van der Waals surface area (Å²) in [6.07, 6.45) is 1.36. The zero-order chi connectivity index (χ0) is 20.3. The van der Waals surface area contributed by atoms with Crippen LogP contribution in [0.25, 0.3) is 10.2 Å². The topological polar surface area (TPSA) is 88.6 Å². The summed E-state index contributed by atoms with van der Waals surface area (Å²) in [6.45, 7) is 5.59. The third kappa shape index (κ3) is 2.62. The maximum absolute atomic E-state index is 13.0. The van der Waals surface area contributed by atoms with E-state index in [1.165, 1.54) is 11.3 Å². The number of ether oxygens (including phenoxy) is 1. The molecule has 1 saturated carbocycles. The van der Waals surface area contributed by atoms with E-state index in [1.807, 2.05) is 32.9 Å². The fourth-order valence-corrected chi connectivity index (χ4v) is 5.35.